The highest BCUT2D eigenvalue weighted by atomic mass is 16.5. The van der Waals surface area contributed by atoms with Gasteiger partial charge in [0.15, 0.2) is 18.1 Å². The van der Waals surface area contributed by atoms with E-state index < -0.39 is 5.97 Å². The molecule has 0 bridgehead atoms. The summed E-state index contributed by atoms with van der Waals surface area (Å²) in [6.45, 7) is 3.41. The number of benzene rings is 2. The fourth-order valence-electron chi connectivity index (χ4n) is 2.78. The number of para-hydroxylation sites is 1. The number of hydrogen-bond acceptors (Lipinski definition) is 6. The molecule has 0 radical (unpaired) electrons. The number of carbonyl (C=O) groups is 3. The van der Waals surface area contributed by atoms with Gasteiger partial charge in [0.05, 0.1) is 26.3 Å². The van der Waals surface area contributed by atoms with Crippen molar-refractivity contribution >= 4 is 23.5 Å². The van der Waals surface area contributed by atoms with E-state index in [1.165, 1.54) is 44.4 Å². The van der Waals surface area contributed by atoms with Gasteiger partial charge in [-0.2, -0.15) is 0 Å². The fourth-order valence-corrected chi connectivity index (χ4v) is 2.78. The molecule has 0 aliphatic carbocycles. The van der Waals surface area contributed by atoms with Crippen molar-refractivity contribution in [3.8, 4) is 11.5 Å². The van der Waals surface area contributed by atoms with Gasteiger partial charge in [-0.3, -0.25) is 9.59 Å². The van der Waals surface area contributed by atoms with Crippen LogP contribution in [0, 0.1) is 13.8 Å². The number of nitrogens with zero attached hydrogens (tertiary/aromatic N) is 1. The van der Waals surface area contributed by atoms with Crippen LogP contribution in [-0.4, -0.2) is 57.1 Å². The number of esters is 1. The van der Waals surface area contributed by atoms with E-state index in [1.807, 2.05) is 32.0 Å². The van der Waals surface area contributed by atoms with Gasteiger partial charge in [0, 0.05) is 12.7 Å². The Bertz CT molecular complexity index is 921. The van der Waals surface area contributed by atoms with Gasteiger partial charge in [-0.05, 0) is 43.2 Å². The summed E-state index contributed by atoms with van der Waals surface area (Å²) in [4.78, 5) is 37.6. The summed E-state index contributed by atoms with van der Waals surface area (Å²) in [5, 5.41) is 2.84. The van der Waals surface area contributed by atoms with E-state index >= 15 is 0 Å². The van der Waals surface area contributed by atoms with Crippen LogP contribution in [0.25, 0.3) is 0 Å². The Morgan fingerprint density at radius 1 is 1.00 bits per heavy atom. The highest BCUT2D eigenvalue weighted by Crippen LogP contribution is 2.28. The minimum absolute atomic E-state index is 0.117. The standard InChI is InChI=1S/C22H26N2O6/c1-14-7-6-8-15(2)21(14)23-19(25)12-24(3)20(26)13-30-17-10-9-16(22(27)29-5)11-18(17)28-4/h6-11H,12-13H2,1-5H3,(H,23,25). The Kier molecular flexibility index (Phi) is 7.80. The number of hydrogen-bond donors (Lipinski definition) is 1. The van der Waals surface area contributed by atoms with Crippen LogP contribution in [0.2, 0.25) is 0 Å². The highest BCUT2D eigenvalue weighted by molar-refractivity contribution is 5.96. The van der Waals surface area contributed by atoms with Crippen molar-refractivity contribution < 1.29 is 28.6 Å². The van der Waals surface area contributed by atoms with Gasteiger partial charge in [0.2, 0.25) is 5.91 Å². The third-order valence-electron chi connectivity index (χ3n) is 4.49. The maximum absolute atomic E-state index is 12.4. The Labute approximate surface area is 175 Å². The van der Waals surface area contributed by atoms with Gasteiger partial charge in [-0.15, -0.1) is 0 Å². The SMILES string of the molecule is COC(=O)c1ccc(OCC(=O)N(C)CC(=O)Nc2c(C)cccc2C)c(OC)c1. The lowest BCUT2D eigenvalue weighted by atomic mass is 10.1. The molecule has 160 valence electrons. The van der Waals surface area contributed by atoms with Gasteiger partial charge in [-0.25, -0.2) is 4.79 Å². The van der Waals surface area contributed by atoms with Crippen LogP contribution >= 0.6 is 0 Å². The summed E-state index contributed by atoms with van der Waals surface area (Å²) < 4.78 is 15.4. The molecule has 0 aromatic heterocycles. The zero-order valence-corrected chi connectivity index (χ0v) is 17.8. The summed E-state index contributed by atoms with van der Waals surface area (Å²) >= 11 is 0. The summed E-state index contributed by atoms with van der Waals surface area (Å²) in [5.74, 6) is -0.604. The molecule has 0 heterocycles. The van der Waals surface area contributed by atoms with Crippen LogP contribution in [0.1, 0.15) is 21.5 Å². The van der Waals surface area contributed by atoms with E-state index in [4.69, 9.17) is 9.47 Å². The quantitative estimate of drug-likeness (QED) is 0.668. The lowest BCUT2D eigenvalue weighted by Crippen LogP contribution is -2.37. The number of aryl methyl sites for hydroxylation is 2. The Hall–Kier alpha value is -3.55. The van der Waals surface area contributed by atoms with E-state index in [2.05, 4.69) is 10.1 Å². The monoisotopic (exact) mass is 414 g/mol. The number of amides is 2. The normalized spacial score (nSPS) is 10.2. The number of anilines is 1. The van der Waals surface area contributed by atoms with Gasteiger partial charge < -0.3 is 24.4 Å². The number of carbonyl (C=O) groups excluding carboxylic acids is 3. The molecule has 2 aromatic rings. The molecule has 2 amide bonds. The molecule has 30 heavy (non-hydrogen) atoms. The van der Waals surface area contributed by atoms with Gasteiger partial charge in [0.25, 0.3) is 5.91 Å². The van der Waals surface area contributed by atoms with Crippen LogP contribution < -0.4 is 14.8 Å². The highest BCUT2D eigenvalue weighted by Gasteiger charge is 2.17. The first-order valence-electron chi connectivity index (χ1n) is 9.26. The lowest BCUT2D eigenvalue weighted by molar-refractivity contribution is -0.135. The zero-order chi connectivity index (χ0) is 22.3. The molecule has 0 saturated heterocycles. The van der Waals surface area contributed by atoms with Crippen molar-refractivity contribution in [1.82, 2.24) is 4.90 Å². The molecule has 1 N–H and O–H groups in total. The van der Waals surface area contributed by atoms with Gasteiger partial charge in [-0.1, -0.05) is 18.2 Å². The Morgan fingerprint density at radius 2 is 1.67 bits per heavy atom. The molecule has 0 fully saturated rings. The molecular formula is C22H26N2O6. The Balaban J connectivity index is 1.94. The van der Waals surface area contributed by atoms with Crippen molar-refractivity contribution in [3.63, 3.8) is 0 Å². The van der Waals surface area contributed by atoms with Crippen LogP contribution in [0.15, 0.2) is 36.4 Å². The van der Waals surface area contributed by atoms with E-state index in [-0.39, 0.29) is 25.0 Å². The second kappa shape index (κ2) is 10.3. The maximum atomic E-state index is 12.4. The third kappa shape index (κ3) is 5.73. The van der Waals surface area contributed by atoms with Crippen molar-refractivity contribution in [2.45, 2.75) is 13.8 Å². The Morgan fingerprint density at radius 3 is 2.27 bits per heavy atom. The lowest BCUT2D eigenvalue weighted by Gasteiger charge is -2.19. The number of nitrogens with one attached hydrogen (secondary N) is 1. The minimum atomic E-state index is -0.509. The van der Waals surface area contributed by atoms with Crippen LogP contribution in [0.3, 0.4) is 0 Å². The molecular weight excluding hydrogens is 388 g/mol. The van der Waals surface area contributed by atoms with E-state index in [0.717, 1.165) is 16.8 Å². The first kappa shape index (κ1) is 22.7. The smallest absolute Gasteiger partial charge is 0.337 e. The number of likely N-dealkylation sites (N-methyl/N-ethyl adjacent to an activating group) is 1. The predicted molar refractivity (Wildman–Crippen MR) is 112 cm³/mol. The van der Waals surface area contributed by atoms with E-state index in [1.54, 1.807) is 0 Å². The molecule has 2 aromatic carbocycles. The topological polar surface area (TPSA) is 94.2 Å². The largest absolute Gasteiger partial charge is 0.493 e. The molecule has 0 atom stereocenters. The summed E-state index contributed by atoms with van der Waals surface area (Å²) in [6.07, 6.45) is 0. The molecule has 8 nitrogen and oxygen atoms in total. The zero-order valence-electron chi connectivity index (χ0n) is 17.8. The van der Waals surface area contributed by atoms with Crippen molar-refractivity contribution in [2.75, 3.05) is 39.7 Å². The number of methoxy groups -OCH3 is 2. The summed E-state index contributed by atoms with van der Waals surface area (Å²) in [5.41, 5.74) is 2.94. The molecule has 8 heteroatoms. The fraction of sp³-hybridized carbons (Fsp3) is 0.318. The van der Waals surface area contributed by atoms with Gasteiger partial charge in [0.1, 0.15) is 0 Å². The first-order chi connectivity index (χ1) is 14.3. The van der Waals surface area contributed by atoms with Crippen LogP contribution in [0.5, 0.6) is 11.5 Å². The average molecular weight is 414 g/mol. The predicted octanol–water partition coefficient (Wildman–Crippen LogP) is 2.57. The number of rotatable bonds is 8. The second-order valence-corrected chi connectivity index (χ2v) is 6.71. The summed E-state index contributed by atoms with van der Waals surface area (Å²) in [7, 11) is 4.23. The number of ether oxygens (including phenoxy) is 3. The minimum Gasteiger partial charge on any atom is -0.493 e. The van der Waals surface area contributed by atoms with E-state index in [0.29, 0.717) is 17.1 Å². The van der Waals surface area contributed by atoms with E-state index in [9.17, 15) is 14.4 Å². The molecule has 0 unspecified atom stereocenters. The van der Waals surface area contributed by atoms with Crippen molar-refractivity contribution in [1.29, 1.82) is 0 Å². The summed E-state index contributed by atoms with van der Waals surface area (Å²) in [6, 6.07) is 10.2. The third-order valence-corrected chi connectivity index (χ3v) is 4.49. The van der Waals surface area contributed by atoms with Gasteiger partial charge >= 0.3 is 5.97 Å². The molecule has 0 saturated carbocycles. The van der Waals surface area contributed by atoms with Crippen molar-refractivity contribution in [2.24, 2.45) is 0 Å². The van der Waals surface area contributed by atoms with Crippen LogP contribution in [-0.2, 0) is 14.3 Å². The molecule has 2 rings (SSSR count). The molecule has 0 spiro atoms. The first-order valence-corrected chi connectivity index (χ1v) is 9.26. The molecule has 0 aliphatic heterocycles. The van der Waals surface area contributed by atoms with Crippen molar-refractivity contribution in [3.05, 3.63) is 53.1 Å². The molecule has 0 aliphatic rings. The second-order valence-electron chi connectivity index (χ2n) is 6.71. The maximum Gasteiger partial charge on any atom is 0.337 e. The van der Waals surface area contributed by atoms with Crippen LogP contribution in [0.4, 0.5) is 5.69 Å². The average Bonchev–Trinajstić information content (AvgIpc) is 2.73.